The third-order valence-corrected chi connectivity index (χ3v) is 7.38. The van der Waals surface area contributed by atoms with Gasteiger partial charge in [0.2, 0.25) is 0 Å². The highest BCUT2D eigenvalue weighted by Gasteiger charge is 2.23. The SMILES string of the molecule is OC(Cn1c(Cc2ccccc2)nc2ccccc21)Cn1c2c(c3cccc(Cl)c31)CCCC2. The van der Waals surface area contributed by atoms with Gasteiger partial charge in [-0.15, -0.1) is 0 Å². The van der Waals surface area contributed by atoms with Crippen LogP contribution in [0.5, 0.6) is 0 Å². The van der Waals surface area contributed by atoms with Crippen LogP contribution in [0, 0.1) is 0 Å². The summed E-state index contributed by atoms with van der Waals surface area (Å²) in [7, 11) is 0. The predicted molar refractivity (Wildman–Crippen MR) is 139 cm³/mol. The molecule has 1 aliphatic rings. The van der Waals surface area contributed by atoms with Crippen molar-refractivity contribution in [2.45, 2.75) is 51.3 Å². The molecule has 1 aliphatic carbocycles. The van der Waals surface area contributed by atoms with Crippen LogP contribution in [0.3, 0.4) is 0 Å². The summed E-state index contributed by atoms with van der Waals surface area (Å²) in [5, 5.41) is 13.4. The van der Waals surface area contributed by atoms with Gasteiger partial charge in [0.05, 0.1) is 40.8 Å². The van der Waals surface area contributed by atoms with Gasteiger partial charge in [-0.05, 0) is 55.0 Å². The number of para-hydroxylation sites is 3. The Bertz CT molecular complexity index is 1470. The number of halogens is 1. The van der Waals surface area contributed by atoms with Crippen LogP contribution in [-0.2, 0) is 32.4 Å². The number of fused-ring (bicyclic) bond motifs is 4. The highest BCUT2D eigenvalue weighted by molar-refractivity contribution is 6.35. The molecule has 1 unspecified atom stereocenters. The van der Waals surface area contributed by atoms with E-state index in [1.54, 1.807) is 0 Å². The van der Waals surface area contributed by atoms with Crippen LogP contribution >= 0.6 is 11.6 Å². The molecular weight excluding hydrogens is 442 g/mol. The molecule has 5 aromatic rings. The number of hydrogen-bond acceptors (Lipinski definition) is 2. The molecule has 0 fully saturated rings. The van der Waals surface area contributed by atoms with Crippen molar-refractivity contribution in [3.05, 3.63) is 100 Å². The Balaban J connectivity index is 1.36. The fourth-order valence-corrected chi connectivity index (χ4v) is 5.85. The second-order valence-corrected chi connectivity index (χ2v) is 9.73. The Kier molecular flexibility index (Phi) is 5.64. The first-order valence-corrected chi connectivity index (χ1v) is 12.5. The van der Waals surface area contributed by atoms with Gasteiger partial charge in [0.1, 0.15) is 5.82 Å². The van der Waals surface area contributed by atoms with Crippen molar-refractivity contribution in [1.29, 1.82) is 0 Å². The molecule has 3 aromatic carbocycles. The zero-order valence-electron chi connectivity index (χ0n) is 19.1. The van der Waals surface area contributed by atoms with Crippen molar-refractivity contribution in [2.24, 2.45) is 0 Å². The molecule has 2 aromatic heterocycles. The van der Waals surface area contributed by atoms with Gasteiger partial charge < -0.3 is 14.2 Å². The lowest BCUT2D eigenvalue weighted by molar-refractivity contribution is 0.135. The van der Waals surface area contributed by atoms with Gasteiger partial charge >= 0.3 is 0 Å². The van der Waals surface area contributed by atoms with Gasteiger partial charge in [0, 0.05) is 17.5 Å². The molecule has 172 valence electrons. The summed E-state index contributed by atoms with van der Waals surface area (Å²) in [6.45, 7) is 1.01. The number of benzene rings is 3. The number of rotatable bonds is 6. The van der Waals surface area contributed by atoms with Crippen LogP contribution in [0.25, 0.3) is 21.9 Å². The predicted octanol–water partition coefficient (Wildman–Crippen LogP) is 6.18. The van der Waals surface area contributed by atoms with Crippen molar-refractivity contribution in [2.75, 3.05) is 0 Å². The van der Waals surface area contributed by atoms with Crippen molar-refractivity contribution in [3.63, 3.8) is 0 Å². The fraction of sp³-hybridized carbons (Fsp3) is 0.276. The van der Waals surface area contributed by atoms with Crippen LogP contribution in [0.2, 0.25) is 5.02 Å². The first-order chi connectivity index (χ1) is 16.7. The Hall–Kier alpha value is -3.08. The number of imidazole rings is 1. The summed E-state index contributed by atoms with van der Waals surface area (Å²) in [4.78, 5) is 4.92. The highest BCUT2D eigenvalue weighted by atomic mass is 35.5. The van der Waals surface area contributed by atoms with Gasteiger partial charge in [-0.3, -0.25) is 0 Å². The molecule has 0 radical (unpaired) electrons. The Morgan fingerprint density at radius 1 is 0.853 bits per heavy atom. The summed E-state index contributed by atoms with van der Waals surface area (Å²) >= 11 is 6.68. The van der Waals surface area contributed by atoms with Crippen LogP contribution in [-0.4, -0.2) is 25.3 Å². The Labute approximate surface area is 204 Å². The van der Waals surface area contributed by atoms with Crippen LogP contribution < -0.4 is 0 Å². The maximum absolute atomic E-state index is 11.4. The van der Waals surface area contributed by atoms with E-state index in [4.69, 9.17) is 16.6 Å². The molecule has 1 N–H and O–H groups in total. The van der Waals surface area contributed by atoms with Gasteiger partial charge in [0.15, 0.2) is 0 Å². The lowest BCUT2D eigenvalue weighted by Crippen LogP contribution is -2.24. The third-order valence-electron chi connectivity index (χ3n) is 7.07. The third kappa shape index (κ3) is 3.81. The molecule has 4 nitrogen and oxygen atoms in total. The minimum absolute atomic E-state index is 0.488. The zero-order chi connectivity index (χ0) is 23.1. The summed E-state index contributed by atoms with van der Waals surface area (Å²) in [6.07, 6.45) is 4.69. The van der Waals surface area contributed by atoms with Crippen LogP contribution in [0.4, 0.5) is 0 Å². The van der Waals surface area contributed by atoms with E-state index in [-0.39, 0.29) is 0 Å². The molecule has 34 heavy (non-hydrogen) atoms. The zero-order valence-corrected chi connectivity index (χ0v) is 19.9. The van der Waals surface area contributed by atoms with Crippen molar-refractivity contribution < 1.29 is 5.11 Å². The molecule has 0 amide bonds. The van der Waals surface area contributed by atoms with E-state index in [1.807, 2.05) is 36.4 Å². The smallest absolute Gasteiger partial charge is 0.114 e. The average molecular weight is 470 g/mol. The molecule has 5 heteroatoms. The quantitative estimate of drug-likeness (QED) is 0.323. The number of nitrogens with zero attached hydrogens (tertiary/aromatic N) is 3. The summed E-state index contributed by atoms with van der Waals surface area (Å²) < 4.78 is 4.47. The number of aryl methyl sites for hydroxylation is 1. The highest BCUT2D eigenvalue weighted by Crippen LogP contribution is 2.36. The molecule has 6 rings (SSSR count). The second-order valence-electron chi connectivity index (χ2n) is 9.32. The maximum atomic E-state index is 11.4. The molecule has 2 heterocycles. The molecule has 0 spiro atoms. The van der Waals surface area contributed by atoms with Crippen molar-refractivity contribution in [1.82, 2.24) is 14.1 Å². The maximum Gasteiger partial charge on any atom is 0.114 e. The lowest BCUT2D eigenvalue weighted by atomic mass is 9.95. The van der Waals surface area contributed by atoms with Gasteiger partial charge in [-0.1, -0.05) is 66.2 Å². The molecule has 0 saturated heterocycles. The van der Waals surface area contributed by atoms with Crippen LogP contribution in [0.1, 0.15) is 35.5 Å². The first kappa shape index (κ1) is 21.5. The van der Waals surface area contributed by atoms with E-state index in [9.17, 15) is 5.11 Å². The van der Waals surface area contributed by atoms with E-state index in [1.165, 1.54) is 35.0 Å². The number of aromatic nitrogens is 3. The second kappa shape index (κ2) is 8.94. The lowest BCUT2D eigenvalue weighted by Gasteiger charge is -2.20. The van der Waals surface area contributed by atoms with E-state index in [0.717, 1.165) is 46.7 Å². The number of aliphatic hydroxyl groups excluding tert-OH is 1. The Morgan fingerprint density at radius 3 is 2.50 bits per heavy atom. The number of aliphatic hydroxyl groups is 1. The molecule has 0 bridgehead atoms. The van der Waals surface area contributed by atoms with Gasteiger partial charge in [0.25, 0.3) is 0 Å². The minimum Gasteiger partial charge on any atom is -0.389 e. The topological polar surface area (TPSA) is 43.0 Å². The first-order valence-electron chi connectivity index (χ1n) is 12.1. The summed E-state index contributed by atoms with van der Waals surface area (Å²) in [5.41, 5.74) is 7.06. The monoisotopic (exact) mass is 469 g/mol. The van der Waals surface area contributed by atoms with Gasteiger partial charge in [-0.25, -0.2) is 4.98 Å². The average Bonchev–Trinajstić information content (AvgIpc) is 3.36. The molecule has 1 atom stereocenters. The number of hydrogen-bond donors (Lipinski definition) is 1. The normalized spacial score (nSPS) is 14.5. The van der Waals surface area contributed by atoms with Gasteiger partial charge in [-0.2, -0.15) is 0 Å². The molecule has 0 saturated carbocycles. The summed E-state index contributed by atoms with van der Waals surface area (Å²) in [6, 6.07) is 24.8. The molecular formula is C29H28ClN3O. The summed E-state index contributed by atoms with van der Waals surface area (Å²) in [5.74, 6) is 0.976. The molecule has 0 aliphatic heterocycles. The standard InChI is InChI=1S/C29H28ClN3O/c30-24-13-8-12-23-22-11-4-6-15-26(22)33(29(23)24)19-21(34)18-32-27-16-7-5-14-25(27)31-28(32)17-20-9-2-1-3-10-20/h1-3,5,7-10,12-14,16,21,34H,4,6,11,15,17-19H2. The minimum atomic E-state index is -0.565. The largest absolute Gasteiger partial charge is 0.389 e. The van der Waals surface area contributed by atoms with E-state index in [2.05, 4.69) is 45.5 Å². The van der Waals surface area contributed by atoms with Crippen LogP contribution in [0.15, 0.2) is 72.8 Å². The van der Waals surface area contributed by atoms with E-state index >= 15 is 0 Å². The van der Waals surface area contributed by atoms with E-state index in [0.29, 0.717) is 13.1 Å². The van der Waals surface area contributed by atoms with Crippen molar-refractivity contribution >= 4 is 33.5 Å². The Morgan fingerprint density at radius 2 is 1.62 bits per heavy atom. The van der Waals surface area contributed by atoms with E-state index < -0.39 is 6.10 Å². The van der Waals surface area contributed by atoms with Crippen molar-refractivity contribution in [3.8, 4) is 0 Å². The fourth-order valence-electron chi connectivity index (χ4n) is 5.57.